The van der Waals surface area contributed by atoms with Crippen LogP contribution in [0.15, 0.2) is 24.3 Å². The van der Waals surface area contributed by atoms with Crippen molar-refractivity contribution in [2.75, 3.05) is 19.8 Å². The molecule has 0 N–H and O–H groups in total. The maximum Gasteiger partial charge on any atom is 0.260 e. The van der Waals surface area contributed by atoms with Gasteiger partial charge in [-0.1, -0.05) is 0 Å². The lowest BCUT2D eigenvalue weighted by atomic mass is 10.2. The van der Waals surface area contributed by atoms with Crippen LogP contribution in [-0.4, -0.2) is 36.5 Å². The first kappa shape index (κ1) is 13.5. The summed E-state index contributed by atoms with van der Waals surface area (Å²) in [6.07, 6.45) is 1.52. The van der Waals surface area contributed by atoms with Crippen LogP contribution < -0.4 is 4.74 Å². The number of carbonyl (C=O) groups is 2. The molecule has 1 aliphatic rings. The van der Waals surface area contributed by atoms with Crippen molar-refractivity contribution in [3.05, 3.63) is 29.8 Å². The Morgan fingerprint density at radius 1 is 1.32 bits per heavy atom. The molecular formula is C14H16FNO3. The van der Waals surface area contributed by atoms with Crippen LogP contribution in [0.2, 0.25) is 0 Å². The quantitative estimate of drug-likeness (QED) is 0.605. The molecule has 0 unspecified atom stereocenters. The van der Waals surface area contributed by atoms with E-state index in [1.165, 1.54) is 4.90 Å². The fourth-order valence-electron chi connectivity index (χ4n) is 1.96. The third-order valence-corrected chi connectivity index (χ3v) is 2.97. The molecule has 1 heterocycles. The minimum absolute atomic E-state index is 0.117. The molecule has 1 aliphatic heterocycles. The van der Waals surface area contributed by atoms with Crippen LogP contribution in [0.25, 0.3) is 0 Å². The number of imide groups is 1. The molecule has 19 heavy (non-hydrogen) atoms. The van der Waals surface area contributed by atoms with Crippen molar-refractivity contribution in [2.24, 2.45) is 0 Å². The maximum absolute atomic E-state index is 12.0. The van der Waals surface area contributed by atoms with E-state index in [0.29, 0.717) is 37.3 Å². The highest BCUT2D eigenvalue weighted by Gasteiger charge is 2.27. The van der Waals surface area contributed by atoms with Crippen molar-refractivity contribution in [1.82, 2.24) is 4.90 Å². The zero-order chi connectivity index (χ0) is 13.7. The molecule has 2 rings (SSSR count). The van der Waals surface area contributed by atoms with Gasteiger partial charge in [-0.05, 0) is 30.7 Å². The number of hydrogen-bond donors (Lipinski definition) is 0. The van der Waals surface area contributed by atoms with Gasteiger partial charge in [-0.3, -0.25) is 18.9 Å². The smallest absolute Gasteiger partial charge is 0.260 e. The number of likely N-dealkylation sites (tertiary alicyclic amines) is 1. The molecule has 1 fully saturated rings. The number of carbonyl (C=O) groups excluding carboxylic acids is 2. The van der Waals surface area contributed by atoms with Crippen molar-refractivity contribution in [2.45, 2.75) is 19.3 Å². The summed E-state index contributed by atoms with van der Waals surface area (Å²) in [6, 6.07) is 6.56. The van der Waals surface area contributed by atoms with Crippen LogP contribution in [0.1, 0.15) is 29.6 Å². The number of amides is 2. The Bertz CT molecular complexity index is 458. The van der Waals surface area contributed by atoms with Crippen molar-refractivity contribution in [1.29, 1.82) is 0 Å². The Kier molecular flexibility index (Phi) is 4.49. The monoisotopic (exact) mass is 265 g/mol. The standard InChI is InChI=1S/C14H16FNO3/c15-8-2-10-19-12-6-4-11(5-7-12)14(18)16-9-1-3-13(16)17/h4-7H,1-3,8-10H2. The van der Waals surface area contributed by atoms with E-state index in [1.54, 1.807) is 24.3 Å². The van der Waals surface area contributed by atoms with Crippen molar-refractivity contribution in [3.63, 3.8) is 0 Å². The van der Waals surface area contributed by atoms with Crippen LogP contribution in [0.5, 0.6) is 5.75 Å². The van der Waals surface area contributed by atoms with E-state index in [0.717, 1.165) is 6.42 Å². The minimum Gasteiger partial charge on any atom is -0.493 e. The molecule has 2 amide bonds. The third-order valence-electron chi connectivity index (χ3n) is 2.97. The van der Waals surface area contributed by atoms with Gasteiger partial charge in [0.25, 0.3) is 5.91 Å². The Balaban J connectivity index is 1.97. The highest BCUT2D eigenvalue weighted by atomic mass is 19.1. The number of rotatable bonds is 5. The molecule has 0 radical (unpaired) electrons. The lowest BCUT2D eigenvalue weighted by molar-refractivity contribution is -0.125. The summed E-state index contributed by atoms with van der Waals surface area (Å²) < 4.78 is 17.2. The fourth-order valence-corrected chi connectivity index (χ4v) is 1.96. The largest absolute Gasteiger partial charge is 0.493 e. The number of benzene rings is 1. The second kappa shape index (κ2) is 6.31. The summed E-state index contributed by atoms with van der Waals surface area (Å²) in [5.41, 5.74) is 0.466. The fraction of sp³-hybridized carbons (Fsp3) is 0.429. The SMILES string of the molecule is O=C1CCCN1C(=O)c1ccc(OCCCF)cc1. The highest BCUT2D eigenvalue weighted by Crippen LogP contribution is 2.17. The van der Waals surface area contributed by atoms with Gasteiger partial charge in [0.2, 0.25) is 5.91 Å². The van der Waals surface area contributed by atoms with Gasteiger partial charge < -0.3 is 4.74 Å². The molecule has 1 saturated heterocycles. The first-order valence-corrected chi connectivity index (χ1v) is 6.36. The van der Waals surface area contributed by atoms with Crippen LogP contribution in [-0.2, 0) is 4.79 Å². The summed E-state index contributed by atoms with van der Waals surface area (Å²) in [6.45, 7) is 0.397. The average molecular weight is 265 g/mol. The number of halogens is 1. The number of nitrogens with zero attached hydrogens (tertiary/aromatic N) is 1. The van der Waals surface area contributed by atoms with Gasteiger partial charge in [0.1, 0.15) is 5.75 Å². The molecule has 0 saturated carbocycles. The van der Waals surface area contributed by atoms with Crippen molar-refractivity contribution in [3.8, 4) is 5.75 Å². The Hall–Kier alpha value is -1.91. The highest BCUT2D eigenvalue weighted by molar-refractivity contribution is 6.05. The second-order valence-electron chi connectivity index (χ2n) is 4.37. The van der Waals surface area contributed by atoms with Gasteiger partial charge in [-0.25, -0.2) is 0 Å². The molecule has 1 aromatic carbocycles. The molecule has 0 aliphatic carbocycles. The molecule has 4 nitrogen and oxygen atoms in total. The third kappa shape index (κ3) is 3.30. The first-order valence-electron chi connectivity index (χ1n) is 6.36. The summed E-state index contributed by atoms with van der Waals surface area (Å²) >= 11 is 0. The summed E-state index contributed by atoms with van der Waals surface area (Å²) in [4.78, 5) is 24.8. The lowest BCUT2D eigenvalue weighted by Crippen LogP contribution is -2.31. The molecule has 0 bridgehead atoms. The van der Waals surface area contributed by atoms with Crippen LogP contribution >= 0.6 is 0 Å². The number of alkyl halides is 1. The van der Waals surface area contributed by atoms with E-state index in [9.17, 15) is 14.0 Å². The summed E-state index contributed by atoms with van der Waals surface area (Å²) in [5.74, 6) is 0.212. The second-order valence-corrected chi connectivity index (χ2v) is 4.37. The lowest BCUT2D eigenvalue weighted by Gasteiger charge is -2.13. The molecule has 5 heteroatoms. The zero-order valence-electron chi connectivity index (χ0n) is 10.6. The zero-order valence-corrected chi connectivity index (χ0v) is 10.6. The van der Waals surface area contributed by atoms with Gasteiger partial charge in [0.05, 0.1) is 13.3 Å². The van der Waals surface area contributed by atoms with Gasteiger partial charge >= 0.3 is 0 Å². The van der Waals surface area contributed by atoms with Gasteiger partial charge in [-0.2, -0.15) is 0 Å². The average Bonchev–Trinajstić information content (AvgIpc) is 2.85. The Labute approximate surface area is 111 Å². The predicted octanol–water partition coefficient (Wildman–Crippen LogP) is 2.19. The van der Waals surface area contributed by atoms with Crippen molar-refractivity contribution < 1.29 is 18.7 Å². The maximum atomic E-state index is 12.0. The first-order chi connectivity index (χ1) is 9.22. The van der Waals surface area contributed by atoms with E-state index in [-0.39, 0.29) is 11.8 Å². The van der Waals surface area contributed by atoms with Gasteiger partial charge in [-0.15, -0.1) is 0 Å². The predicted molar refractivity (Wildman–Crippen MR) is 67.8 cm³/mol. The van der Waals surface area contributed by atoms with Crippen molar-refractivity contribution >= 4 is 11.8 Å². The van der Waals surface area contributed by atoms with Crippen LogP contribution in [0, 0.1) is 0 Å². The van der Waals surface area contributed by atoms with E-state index in [4.69, 9.17) is 4.74 Å². The number of ether oxygens (including phenoxy) is 1. The van der Waals surface area contributed by atoms with Crippen LogP contribution in [0.3, 0.4) is 0 Å². The molecule has 1 aromatic rings. The Morgan fingerprint density at radius 3 is 2.63 bits per heavy atom. The van der Waals surface area contributed by atoms with E-state index >= 15 is 0 Å². The van der Waals surface area contributed by atoms with Gasteiger partial charge in [0, 0.05) is 24.9 Å². The molecule has 102 valence electrons. The normalized spacial score (nSPS) is 14.8. The number of hydrogen-bond acceptors (Lipinski definition) is 3. The molecule has 0 atom stereocenters. The summed E-state index contributed by atoms with van der Waals surface area (Å²) in [5, 5.41) is 0. The van der Waals surface area contributed by atoms with Gasteiger partial charge in [0.15, 0.2) is 0 Å². The minimum atomic E-state index is -0.409. The van der Waals surface area contributed by atoms with E-state index < -0.39 is 6.67 Å². The van der Waals surface area contributed by atoms with E-state index in [2.05, 4.69) is 0 Å². The van der Waals surface area contributed by atoms with Crippen LogP contribution in [0.4, 0.5) is 4.39 Å². The molecular weight excluding hydrogens is 249 g/mol. The summed E-state index contributed by atoms with van der Waals surface area (Å²) in [7, 11) is 0. The molecule has 0 aromatic heterocycles. The molecule has 0 spiro atoms. The topological polar surface area (TPSA) is 46.6 Å². The van der Waals surface area contributed by atoms with E-state index in [1.807, 2.05) is 0 Å². The Morgan fingerprint density at radius 2 is 2.05 bits per heavy atom.